The zero-order valence-corrected chi connectivity index (χ0v) is 11.2. The summed E-state index contributed by atoms with van der Waals surface area (Å²) < 4.78 is 1.46. The topological polar surface area (TPSA) is 24.9 Å². The minimum atomic E-state index is 0.427. The molecule has 0 radical (unpaired) electrons. The minimum Gasteiger partial charge on any atom is -0.377 e. The molecule has 0 saturated heterocycles. The van der Waals surface area contributed by atoms with Crippen LogP contribution >= 0.6 is 23.1 Å². The van der Waals surface area contributed by atoms with E-state index in [1.165, 1.54) is 16.2 Å². The highest BCUT2D eigenvalue weighted by atomic mass is 32.2. The summed E-state index contributed by atoms with van der Waals surface area (Å²) in [4.78, 5) is 4.15. The van der Waals surface area contributed by atoms with Gasteiger partial charge in [-0.05, 0) is 35.6 Å². The number of hydrogen-bond donors (Lipinski definition) is 1. The summed E-state index contributed by atoms with van der Waals surface area (Å²) in [5, 5.41) is 6.45. The lowest BCUT2D eigenvalue weighted by atomic mass is 10.0. The summed E-state index contributed by atoms with van der Waals surface area (Å²) in [6.07, 6.45) is 4.86. The summed E-state index contributed by atoms with van der Waals surface area (Å²) in [6, 6.07) is 6.72. The predicted octanol–water partition coefficient (Wildman–Crippen LogP) is 4.18. The quantitative estimate of drug-likeness (QED) is 0.879. The summed E-state index contributed by atoms with van der Waals surface area (Å²) in [7, 11) is 0. The lowest BCUT2D eigenvalue weighted by molar-refractivity contribution is 0.669. The number of aromatic nitrogens is 1. The molecule has 88 valence electrons. The molecule has 1 unspecified atom stereocenters. The van der Waals surface area contributed by atoms with Crippen molar-refractivity contribution in [3.63, 3.8) is 0 Å². The fraction of sp³-hybridized carbons (Fsp3) is 0.308. The van der Waals surface area contributed by atoms with Crippen molar-refractivity contribution in [1.29, 1.82) is 0 Å². The number of rotatable bonds is 2. The van der Waals surface area contributed by atoms with Crippen LogP contribution in [-0.4, -0.2) is 10.2 Å². The van der Waals surface area contributed by atoms with E-state index in [0.717, 1.165) is 5.69 Å². The Morgan fingerprint density at radius 2 is 2.35 bits per heavy atom. The molecule has 2 aromatic rings. The van der Waals surface area contributed by atoms with Crippen LogP contribution in [0.3, 0.4) is 0 Å². The molecule has 3 heterocycles. The molecule has 0 saturated carbocycles. The zero-order chi connectivity index (χ0) is 11.7. The molecule has 2 atom stereocenters. The van der Waals surface area contributed by atoms with E-state index in [9.17, 15) is 0 Å². The first kappa shape index (κ1) is 11.1. The largest absolute Gasteiger partial charge is 0.377 e. The van der Waals surface area contributed by atoms with Gasteiger partial charge in [0.25, 0.3) is 0 Å². The molecule has 1 aliphatic heterocycles. The highest BCUT2D eigenvalue weighted by molar-refractivity contribution is 8.01. The predicted molar refractivity (Wildman–Crippen MR) is 74.9 cm³/mol. The lowest BCUT2D eigenvalue weighted by Crippen LogP contribution is -2.18. The van der Waals surface area contributed by atoms with E-state index in [2.05, 4.69) is 34.7 Å². The number of thiophene rings is 1. The van der Waals surface area contributed by atoms with Crippen molar-refractivity contribution in [1.82, 2.24) is 4.98 Å². The van der Waals surface area contributed by atoms with Crippen LogP contribution in [0, 0.1) is 0 Å². The van der Waals surface area contributed by atoms with Crippen molar-refractivity contribution in [2.24, 2.45) is 0 Å². The zero-order valence-electron chi connectivity index (χ0n) is 9.59. The molecule has 4 heteroatoms. The monoisotopic (exact) mass is 262 g/mol. The Bertz CT molecular complexity index is 495. The van der Waals surface area contributed by atoms with Crippen LogP contribution in [0.2, 0.25) is 0 Å². The van der Waals surface area contributed by atoms with Crippen LogP contribution in [0.25, 0.3) is 0 Å². The maximum atomic E-state index is 4.15. The van der Waals surface area contributed by atoms with E-state index in [1.807, 2.05) is 35.4 Å². The smallest absolute Gasteiger partial charge is 0.0653 e. The number of fused-ring (bicyclic) bond motifs is 1. The number of anilines is 1. The standard InChI is InChI=1S/C13H14N2S2/c1-9-7-12(11-4-6-16-13(11)17-9)15-10-3-2-5-14-8-10/h2-6,8-9,12,15H,7H2,1H3/t9-,12?/m0/s1. The number of nitrogens with zero attached hydrogens (tertiary/aromatic N) is 1. The second kappa shape index (κ2) is 4.70. The number of thioether (sulfide) groups is 1. The van der Waals surface area contributed by atoms with Crippen molar-refractivity contribution in [2.75, 3.05) is 5.32 Å². The Balaban J connectivity index is 1.85. The molecule has 1 aliphatic rings. The molecule has 1 N–H and O–H groups in total. The van der Waals surface area contributed by atoms with Gasteiger partial charge in [0, 0.05) is 17.6 Å². The van der Waals surface area contributed by atoms with Crippen molar-refractivity contribution in [3.8, 4) is 0 Å². The van der Waals surface area contributed by atoms with Gasteiger partial charge in [-0.1, -0.05) is 6.92 Å². The Morgan fingerprint density at radius 1 is 1.41 bits per heavy atom. The van der Waals surface area contributed by atoms with E-state index < -0.39 is 0 Å². The van der Waals surface area contributed by atoms with Crippen LogP contribution in [0.4, 0.5) is 5.69 Å². The van der Waals surface area contributed by atoms with E-state index in [-0.39, 0.29) is 0 Å². The van der Waals surface area contributed by atoms with E-state index in [4.69, 9.17) is 0 Å². The maximum absolute atomic E-state index is 4.15. The minimum absolute atomic E-state index is 0.427. The van der Waals surface area contributed by atoms with Crippen molar-refractivity contribution >= 4 is 28.8 Å². The summed E-state index contributed by atoms with van der Waals surface area (Å²) in [5.41, 5.74) is 2.55. The highest BCUT2D eigenvalue weighted by Crippen LogP contribution is 2.44. The van der Waals surface area contributed by atoms with Gasteiger partial charge < -0.3 is 5.32 Å². The fourth-order valence-corrected chi connectivity index (χ4v) is 4.70. The molecule has 0 aromatic carbocycles. The van der Waals surface area contributed by atoms with Gasteiger partial charge >= 0.3 is 0 Å². The van der Waals surface area contributed by atoms with Gasteiger partial charge in [-0.3, -0.25) is 4.98 Å². The van der Waals surface area contributed by atoms with Gasteiger partial charge in [-0.25, -0.2) is 0 Å². The molecule has 2 aromatic heterocycles. The Hall–Kier alpha value is -1.00. The summed E-state index contributed by atoms with van der Waals surface area (Å²) in [5.74, 6) is 0. The Morgan fingerprint density at radius 3 is 3.18 bits per heavy atom. The third kappa shape index (κ3) is 2.33. The first-order valence-electron chi connectivity index (χ1n) is 5.73. The molecule has 2 nitrogen and oxygen atoms in total. The van der Waals surface area contributed by atoms with Crippen molar-refractivity contribution in [2.45, 2.75) is 28.8 Å². The molecule has 17 heavy (non-hydrogen) atoms. The van der Waals surface area contributed by atoms with Gasteiger partial charge in [0.15, 0.2) is 0 Å². The summed E-state index contributed by atoms with van der Waals surface area (Å²) in [6.45, 7) is 2.30. The molecular weight excluding hydrogens is 248 g/mol. The normalized spacial score (nSPS) is 23.1. The van der Waals surface area contributed by atoms with Crippen LogP contribution in [0.1, 0.15) is 24.9 Å². The average Bonchev–Trinajstić information content (AvgIpc) is 2.78. The number of nitrogens with one attached hydrogen (secondary N) is 1. The first-order chi connectivity index (χ1) is 8.33. The second-order valence-electron chi connectivity index (χ2n) is 4.27. The molecule has 0 aliphatic carbocycles. The van der Waals surface area contributed by atoms with Crippen LogP contribution in [0.15, 0.2) is 40.2 Å². The van der Waals surface area contributed by atoms with Gasteiger partial charge in [-0.15, -0.1) is 23.1 Å². The molecular formula is C13H14N2S2. The van der Waals surface area contributed by atoms with Crippen molar-refractivity contribution < 1.29 is 0 Å². The van der Waals surface area contributed by atoms with Gasteiger partial charge in [-0.2, -0.15) is 0 Å². The average molecular weight is 262 g/mol. The Labute approximate surface area is 109 Å². The van der Waals surface area contributed by atoms with Crippen molar-refractivity contribution in [3.05, 3.63) is 41.5 Å². The fourth-order valence-electron chi connectivity index (χ4n) is 2.14. The molecule has 0 fully saturated rings. The molecule has 0 amide bonds. The number of hydrogen-bond acceptors (Lipinski definition) is 4. The second-order valence-corrected chi connectivity index (χ2v) is 6.89. The van der Waals surface area contributed by atoms with Crippen LogP contribution in [0.5, 0.6) is 0 Å². The van der Waals surface area contributed by atoms with Crippen LogP contribution < -0.4 is 5.32 Å². The first-order valence-corrected chi connectivity index (χ1v) is 7.49. The number of pyridine rings is 1. The maximum Gasteiger partial charge on any atom is 0.0653 e. The van der Waals surface area contributed by atoms with E-state index >= 15 is 0 Å². The van der Waals surface area contributed by atoms with Gasteiger partial charge in [0.2, 0.25) is 0 Å². The highest BCUT2D eigenvalue weighted by Gasteiger charge is 2.26. The van der Waals surface area contributed by atoms with Gasteiger partial charge in [0.1, 0.15) is 0 Å². The van der Waals surface area contributed by atoms with E-state index in [0.29, 0.717) is 11.3 Å². The third-order valence-electron chi connectivity index (χ3n) is 2.91. The van der Waals surface area contributed by atoms with E-state index in [1.54, 1.807) is 6.20 Å². The van der Waals surface area contributed by atoms with Crippen LogP contribution in [-0.2, 0) is 0 Å². The lowest BCUT2D eigenvalue weighted by Gasteiger charge is -2.28. The Kier molecular flexibility index (Phi) is 3.07. The molecule has 0 spiro atoms. The summed E-state index contributed by atoms with van der Waals surface area (Å²) >= 11 is 3.85. The van der Waals surface area contributed by atoms with Gasteiger partial charge in [0.05, 0.1) is 15.9 Å². The third-order valence-corrected chi connectivity index (χ3v) is 5.26. The molecule has 3 rings (SSSR count). The SMILES string of the molecule is C[C@H]1CC(Nc2cccnc2)c2ccsc2S1. The molecule has 0 bridgehead atoms.